The molecule has 3 N–H and O–H groups in total. The van der Waals surface area contributed by atoms with Gasteiger partial charge in [0, 0.05) is 34.7 Å². The Morgan fingerprint density at radius 2 is 1.24 bits per heavy atom. The maximum absolute atomic E-state index is 15.3. The number of rotatable bonds is 28. The van der Waals surface area contributed by atoms with Crippen molar-refractivity contribution in [2.24, 2.45) is 11.8 Å². The first kappa shape index (κ1) is 56.3. The van der Waals surface area contributed by atoms with Crippen LogP contribution >= 0.6 is 23.5 Å². The van der Waals surface area contributed by atoms with Crippen LogP contribution in [-0.2, 0) is 54.3 Å². The number of carbonyl (C=O) groups is 7. The van der Waals surface area contributed by atoms with Crippen molar-refractivity contribution in [2.75, 3.05) is 70.1 Å². The van der Waals surface area contributed by atoms with Gasteiger partial charge in [0.15, 0.2) is 17.4 Å². The van der Waals surface area contributed by atoms with Crippen molar-refractivity contribution in [1.82, 2.24) is 15.5 Å². The number of carbonyl (C=O) groups excluding carboxylic acids is 7. The number of hydrogen-bond donors (Lipinski definition) is 3. The molecule has 6 amide bonds. The molecule has 0 fully saturated rings. The van der Waals surface area contributed by atoms with Crippen LogP contribution in [0, 0.1) is 23.5 Å². The molecule has 17 nitrogen and oxygen atoms in total. The van der Waals surface area contributed by atoms with Gasteiger partial charge in [0.1, 0.15) is 32.1 Å². The molecule has 1 aliphatic rings. The standard InChI is InChI=1S/C51H57F2N5O12S2/c1-32(2)41(29-59)57(5)51(65)70-30-34-16-18-35(19-17-34)55-42(60)28-54-48(62)44(33(3)4)56-43(61)31-68-23-22-66-20-21-67-24-25-69-45-39(52)26-36(27-40(45)53)58-49(63)46(71-37-12-8-6-9-13-37)47(50(58)64)72-38-14-10-7-11-15-38/h6-19,26-27,29,32-33,41,44H,20-25,28,30-31H2,1-5H3,(H,54,62)(H,55,60)(H,56,61). The predicted molar refractivity (Wildman–Crippen MR) is 266 cm³/mol. The number of benzene rings is 4. The van der Waals surface area contributed by atoms with Crippen LogP contribution in [0.15, 0.2) is 117 Å². The quantitative estimate of drug-likeness (QED) is 0.0306. The average Bonchev–Trinajstić information content (AvgIpc) is 3.58. The minimum absolute atomic E-state index is 0.0401. The number of aldehydes is 1. The fourth-order valence-corrected chi connectivity index (χ4v) is 8.74. The summed E-state index contributed by atoms with van der Waals surface area (Å²) in [6, 6.07) is 24.6. The third-order valence-corrected chi connectivity index (χ3v) is 12.8. The van der Waals surface area contributed by atoms with Crippen LogP contribution in [0.25, 0.3) is 0 Å². The SMILES string of the molecule is CC(C)C(NC(=O)COCCOCCOCCOc1c(F)cc(N2C(=O)C(Sc3ccccc3)=C(Sc3ccccc3)C2=O)cc1F)C(=O)NCC(=O)Nc1ccc(COC(=O)N(C)C(C=O)C(C)C)cc1. The second-order valence-electron chi connectivity index (χ2n) is 16.6. The third kappa shape index (κ3) is 16.7. The van der Waals surface area contributed by atoms with E-state index >= 15 is 8.78 Å². The van der Waals surface area contributed by atoms with E-state index in [0.717, 1.165) is 40.6 Å². The van der Waals surface area contributed by atoms with Crippen molar-refractivity contribution in [3.63, 3.8) is 0 Å². The number of nitrogens with one attached hydrogen (secondary N) is 3. The molecule has 0 aromatic heterocycles. The van der Waals surface area contributed by atoms with Gasteiger partial charge in [-0.25, -0.2) is 18.5 Å². The van der Waals surface area contributed by atoms with Crippen LogP contribution in [-0.4, -0.2) is 119 Å². The van der Waals surface area contributed by atoms with E-state index in [1.807, 2.05) is 26.0 Å². The van der Waals surface area contributed by atoms with E-state index < -0.39 is 65.1 Å². The number of likely N-dealkylation sites (N-methyl/N-ethyl adjacent to an activating group) is 1. The van der Waals surface area contributed by atoms with Crippen LogP contribution in [0.5, 0.6) is 5.75 Å². The highest BCUT2D eigenvalue weighted by Crippen LogP contribution is 2.44. The van der Waals surface area contributed by atoms with Crippen molar-refractivity contribution in [2.45, 2.75) is 56.2 Å². The van der Waals surface area contributed by atoms with E-state index in [1.165, 1.54) is 11.9 Å². The normalized spacial score (nSPS) is 13.3. The molecule has 0 saturated carbocycles. The Labute approximate surface area is 424 Å². The van der Waals surface area contributed by atoms with Crippen LogP contribution in [0.4, 0.5) is 25.0 Å². The van der Waals surface area contributed by atoms with Crippen LogP contribution < -0.4 is 25.6 Å². The molecule has 5 rings (SSSR count). The minimum Gasteiger partial charge on any atom is -0.485 e. The molecule has 0 aliphatic carbocycles. The Hall–Kier alpha value is -6.65. The van der Waals surface area contributed by atoms with Crippen molar-refractivity contribution < 1.29 is 66.0 Å². The van der Waals surface area contributed by atoms with Crippen LogP contribution in [0.3, 0.4) is 0 Å². The number of anilines is 2. The largest absolute Gasteiger partial charge is 0.485 e. The third-order valence-electron chi connectivity index (χ3n) is 10.5. The van der Waals surface area contributed by atoms with Gasteiger partial charge in [-0.2, -0.15) is 0 Å². The number of hydrogen-bond acceptors (Lipinski definition) is 14. The van der Waals surface area contributed by atoms with Gasteiger partial charge in [0.05, 0.1) is 61.1 Å². The van der Waals surface area contributed by atoms with Crippen LogP contribution in [0.2, 0.25) is 0 Å². The molecule has 21 heteroatoms. The Balaban J connectivity index is 0.943. The lowest BCUT2D eigenvalue weighted by molar-refractivity contribution is -0.133. The Bertz CT molecular complexity index is 2450. The summed E-state index contributed by atoms with van der Waals surface area (Å²) in [7, 11) is 1.49. The maximum atomic E-state index is 15.3. The van der Waals surface area contributed by atoms with E-state index in [9.17, 15) is 33.6 Å². The van der Waals surface area contributed by atoms with E-state index in [2.05, 4.69) is 16.0 Å². The molecule has 4 aromatic carbocycles. The smallest absolute Gasteiger partial charge is 0.410 e. The van der Waals surface area contributed by atoms with Crippen molar-refractivity contribution in [3.05, 3.63) is 124 Å². The van der Waals surface area contributed by atoms with Crippen molar-refractivity contribution >= 4 is 76.8 Å². The molecule has 1 aliphatic heterocycles. The van der Waals surface area contributed by atoms with Gasteiger partial charge in [0.25, 0.3) is 11.8 Å². The number of amides is 6. The van der Waals surface area contributed by atoms with Gasteiger partial charge >= 0.3 is 6.09 Å². The lowest BCUT2D eigenvalue weighted by Crippen LogP contribution is -2.51. The fraction of sp³-hybridized carbons (Fsp3) is 0.353. The van der Waals surface area contributed by atoms with Crippen LogP contribution in [0.1, 0.15) is 33.3 Å². The van der Waals surface area contributed by atoms with E-state index in [1.54, 1.807) is 86.6 Å². The van der Waals surface area contributed by atoms with Gasteiger partial charge in [0.2, 0.25) is 17.7 Å². The summed E-state index contributed by atoms with van der Waals surface area (Å²) in [5.41, 5.74) is 0.794. The van der Waals surface area contributed by atoms with Crippen molar-refractivity contribution in [1.29, 1.82) is 0 Å². The molecular formula is C51H57F2N5O12S2. The number of halogens is 2. The Kier molecular flexibility index (Phi) is 22.2. The molecule has 0 spiro atoms. The summed E-state index contributed by atoms with van der Waals surface area (Å²) in [6.07, 6.45) is 0.0511. The zero-order valence-electron chi connectivity index (χ0n) is 40.4. The van der Waals surface area contributed by atoms with Gasteiger partial charge in [-0.05, 0) is 53.8 Å². The lowest BCUT2D eigenvalue weighted by Gasteiger charge is -2.25. The molecule has 384 valence electrons. The fourth-order valence-electron chi connectivity index (χ4n) is 6.72. The highest BCUT2D eigenvalue weighted by Gasteiger charge is 2.41. The van der Waals surface area contributed by atoms with E-state index in [4.69, 9.17) is 23.7 Å². The number of imide groups is 1. The monoisotopic (exact) mass is 1030 g/mol. The van der Waals surface area contributed by atoms with Gasteiger partial charge in [-0.3, -0.25) is 24.0 Å². The predicted octanol–water partition coefficient (Wildman–Crippen LogP) is 6.75. The zero-order chi connectivity index (χ0) is 52.2. The van der Waals surface area contributed by atoms with E-state index in [0.29, 0.717) is 27.3 Å². The van der Waals surface area contributed by atoms with Gasteiger partial charge in [-0.15, -0.1) is 0 Å². The first-order chi connectivity index (χ1) is 34.6. The molecule has 0 saturated heterocycles. The van der Waals surface area contributed by atoms with Gasteiger partial charge in [-0.1, -0.05) is 99.7 Å². The lowest BCUT2D eigenvalue weighted by atomic mass is 10.0. The molecule has 72 heavy (non-hydrogen) atoms. The molecule has 2 atom stereocenters. The summed E-state index contributed by atoms with van der Waals surface area (Å²) < 4.78 is 57.4. The summed E-state index contributed by atoms with van der Waals surface area (Å²) in [5.74, 6) is -6.41. The Morgan fingerprint density at radius 3 is 1.75 bits per heavy atom. The molecule has 0 bridgehead atoms. The second-order valence-corrected chi connectivity index (χ2v) is 18.8. The first-order valence-electron chi connectivity index (χ1n) is 22.8. The highest BCUT2D eigenvalue weighted by atomic mass is 32.2. The number of nitrogens with zero attached hydrogens (tertiary/aromatic N) is 2. The summed E-state index contributed by atoms with van der Waals surface area (Å²) >= 11 is 2.19. The zero-order valence-corrected chi connectivity index (χ0v) is 42.0. The molecular weight excluding hydrogens is 977 g/mol. The second kappa shape index (κ2) is 28.4. The Morgan fingerprint density at radius 1 is 0.708 bits per heavy atom. The number of thioether (sulfide) groups is 2. The molecule has 0 radical (unpaired) electrons. The average molecular weight is 1030 g/mol. The minimum atomic E-state index is -1.12. The summed E-state index contributed by atoms with van der Waals surface area (Å²) in [4.78, 5) is 92.8. The first-order valence-corrected chi connectivity index (χ1v) is 24.5. The maximum Gasteiger partial charge on any atom is 0.410 e. The van der Waals surface area contributed by atoms with Crippen molar-refractivity contribution in [3.8, 4) is 5.75 Å². The molecule has 4 aromatic rings. The summed E-state index contributed by atoms with van der Waals surface area (Å²) in [6.45, 7) is 6.40. The summed E-state index contributed by atoms with van der Waals surface area (Å²) in [5, 5.41) is 7.79. The highest BCUT2D eigenvalue weighted by molar-refractivity contribution is 8.08. The number of ether oxygens (including phenoxy) is 5. The van der Waals surface area contributed by atoms with E-state index in [-0.39, 0.29) is 86.7 Å². The topological polar surface area (TPSA) is 208 Å². The van der Waals surface area contributed by atoms with Gasteiger partial charge < -0.3 is 49.3 Å². The molecule has 2 unspecified atom stereocenters. The molecule has 1 heterocycles.